The molecule has 174 valence electrons. The second-order valence-electron chi connectivity index (χ2n) is 7.52. The van der Waals surface area contributed by atoms with Crippen molar-refractivity contribution in [2.45, 2.75) is 51.9 Å². The molecule has 30 heavy (non-hydrogen) atoms. The molecule has 0 spiro atoms. The zero-order valence-corrected chi connectivity index (χ0v) is 22.0. The fraction of sp³-hybridized carbons (Fsp3) is 0.696. The highest BCUT2D eigenvalue weighted by Gasteiger charge is 2.05. The highest BCUT2D eigenvalue weighted by molar-refractivity contribution is 14.0. The molecule has 0 amide bonds. The average molecular weight is 535 g/mol. The number of nitrogens with one attached hydrogen (secondary N) is 2. The van der Waals surface area contributed by atoms with Crippen LogP contribution in [-0.4, -0.2) is 65.4 Å². The molecule has 0 saturated carbocycles. The van der Waals surface area contributed by atoms with Crippen molar-refractivity contribution in [3.63, 3.8) is 0 Å². The van der Waals surface area contributed by atoms with Crippen molar-refractivity contribution < 1.29 is 9.47 Å². The Balaban J connectivity index is 0.00000841. The lowest BCUT2D eigenvalue weighted by molar-refractivity contribution is 0.310. The number of guanidine groups is 1. The molecule has 0 aliphatic rings. The summed E-state index contributed by atoms with van der Waals surface area (Å²) in [6, 6.07) is 6.16. The first kappa shape index (κ1) is 28.8. The predicted octanol–water partition coefficient (Wildman–Crippen LogP) is 4.32. The molecule has 0 aliphatic heterocycles. The zero-order valence-electron chi connectivity index (χ0n) is 19.6. The van der Waals surface area contributed by atoms with Gasteiger partial charge in [0.05, 0.1) is 13.7 Å². The van der Waals surface area contributed by atoms with E-state index in [1.807, 2.05) is 20.0 Å². The van der Waals surface area contributed by atoms with Crippen LogP contribution in [0.15, 0.2) is 23.2 Å². The zero-order chi connectivity index (χ0) is 21.3. The lowest BCUT2D eigenvalue weighted by atomic mass is 10.1. The molecule has 0 atom stereocenters. The quantitative estimate of drug-likeness (QED) is 0.152. The van der Waals surface area contributed by atoms with Gasteiger partial charge in [0.1, 0.15) is 0 Å². The van der Waals surface area contributed by atoms with Gasteiger partial charge in [-0.1, -0.05) is 25.3 Å². The van der Waals surface area contributed by atoms with Crippen LogP contribution in [0.25, 0.3) is 0 Å². The molecule has 0 aromatic heterocycles. The van der Waals surface area contributed by atoms with Crippen LogP contribution in [-0.2, 0) is 6.42 Å². The van der Waals surface area contributed by atoms with E-state index in [0.717, 1.165) is 43.4 Å². The van der Waals surface area contributed by atoms with Gasteiger partial charge in [-0.3, -0.25) is 4.99 Å². The maximum Gasteiger partial charge on any atom is 0.190 e. The van der Waals surface area contributed by atoms with Gasteiger partial charge >= 0.3 is 0 Å². The van der Waals surface area contributed by atoms with E-state index >= 15 is 0 Å². The van der Waals surface area contributed by atoms with Gasteiger partial charge in [0.15, 0.2) is 17.5 Å². The van der Waals surface area contributed by atoms with Crippen LogP contribution >= 0.6 is 24.0 Å². The molecule has 1 aromatic carbocycles. The van der Waals surface area contributed by atoms with Crippen LogP contribution in [0.3, 0.4) is 0 Å². The molecule has 0 radical (unpaired) electrons. The number of nitrogens with zero attached hydrogens (tertiary/aromatic N) is 2. The molecule has 0 fully saturated rings. The highest BCUT2D eigenvalue weighted by Crippen LogP contribution is 2.28. The van der Waals surface area contributed by atoms with Crippen molar-refractivity contribution in [3.05, 3.63) is 23.8 Å². The Morgan fingerprint density at radius 2 is 1.63 bits per heavy atom. The van der Waals surface area contributed by atoms with Crippen LogP contribution in [0.5, 0.6) is 11.5 Å². The Morgan fingerprint density at radius 1 is 0.967 bits per heavy atom. The number of ether oxygens (including phenoxy) is 2. The van der Waals surface area contributed by atoms with E-state index in [4.69, 9.17) is 9.47 Å². The van der Waals surface area contributed by atoms with Crippen LogP contribution in [0, 0.1) is 0 Å². The SMILES string of the molecule is CCOc1cc(CCCNC(=NC)NCCCCCCCN(C)C)ccc1OC.I. The molecule has 7 heteroatoms. The summed E-state index contributed by atoms with van der Waals surface area (Å²) in [6.45, 7) is 5.68. The average Bonchev–Trinajstić information content (AvgIpc) is 2.71. The third-order valence-corrected chi connectivity index (χ3v) is 4.76. The lowest BCUT2D eigenvalue weighted by Crippen LogP contribution is -2.38. The molecular weight excluding hydrogens is 491 g/mol. The van der Waals surface area contributed by atoms with Gasteiger partial charge in [-0.15, -0.1) is 24.0 Å². The predicted molar refractivity (Wildman–Crippen MR) is 139 cm³/mol. The number of aliphatic imine (C=N–C) groups is 1. The molecule has 0 saturated heterocycles. The van der Waals surface area contributed by atoms with Crippen molar-refractivity contribution in [3.8, 4) is 11.5 Å². The van der Waals surface area contributed by atoms with Gasteiger partial charge in [-0.05, 0) is 70.9 Å². The van der Waals surface area contributed by atoms with Crippen molar-refractivity contribution in [2.24, 2.45) is 4.99 Å². The Kier molecular flexibility index (Phi) is 17.8. The van der Waals surface area contributed by atoms with Gasteiger partial charge in [-0.2, -0.15) is 0 Å². The van der Waals surface area contributed by atoms with E-state index in [1.54, 1.807) is 7.11 Å². The fourth-order valence-electron chi connectivity index (χ4n) is 3.15. The van der Waals surface area contributed by atoms with Crippen molar-refractivity contribution in [2.75, 3.05) is 54.5 Å². The van der Waals surface area contributed by atoms with Crippen LogP contribution in [0.1, 0.15) is 51.0 Å². The number of methoxy groups -OCH3 is 1. The van der Waals surface area contributed by atoms with Gasteiger partial charge < -0.3 is 25.0 Å². The van der Waals surface area contributed by atoms with Crippen LogP contribution in [0.2, 0.25) is 0 Å². The first-order valence-electron chi connectivity index (χ1n) is 11.0. The van der Waals surface area contributed by atoms with Gasteiger partial charge in [0.25, 0.3) is 0 Å². The number of unbranched alkanes of at least 4 members (excludes halogenated alkanes) is 4. The molecule has 0 unspecified atom stereocenters. The minimum absolute atomic E-state index is 0. The standard InChI is InChI=1S/C23H42N4O2.HI/c1-6-29-22-19-20(14-15-21(22)28-5)13-12-17-26-23(24-2)25-16-10-8-7-9-11-18-27(3)4;/h14-15,19H,6-13,16-18H2,1-5H3,(H2,24,25,26);1H. The lowest BCUT2D eigenvalue weighted by Gasteiger charge is -2.13. The van der Waals surface area contributed by atoms with Crippen molar-refractivity contribution >= 4 is 29.9 Å². The summed E-state index contributed by atoms with van der Waals surface area (Å²) in [5.74, 6) is 2.50. The number of rotatable bonds is 15. The maximum absolute atomic E-state index is 5.65. The summed E-state index contributed by atoms with van der Waals surface area (Å²) in [6.07, 6.45) is 8.41. The molecule has 0 aliphatic carbocycles. The smallest absolute Gasteiger partial charge is 0.190 e. The van der Waals surface area contributed by atoms with Crippen LogP contribution < -0.4 is 20.1 Å². The minimum Gasteiger partial charge on any atom is -0.493 e. The third kappa shape index (κ3) is 13.2. The summed E-state index contributed by atoms with van der Waals surface area (Å²) in [7, 11) is 7.77. The van der Waals surface area contributed by atoms with E-state index in [-0.39, 0.29) is 24.0 Å². The molecule has 1 rings (SSSR count). The van der Waals surface area contributed by atoms with E-state index in [2.05, 4.69) is 46.8 Å². The molecule has 0 bridgehead atoms. The van der Waals surface area contributed by atoms with E-state index < -0.39 is 0 Å². The topological polar surface area (TPSA) is 58.1 Å². The highest BCUT2D eigenvalue weighted by atomic mass is 127. The Bertz CT molecular complexity index is 582. The number of aryl methyl sites for hydroxylation is 1. The second-order valence-corrected chi connectivity index (χ2v) is 7.52. The fourth-order valence-corrected chi connectivity index (χ4v) is 3.15. The largest absolute Gasteiger partial charge is 0.493 e. The Morgan fingerprint density at radius 3 is 2.27 bits per heavy atom. The number of halogens is 1. The van der Waals surface area contributed by atoms with E-state index in [0.29, 0.717) is 6.61 Å². The molecule has 2 N–H and O–H groups in total. The molecule has 6 nitrogen and oxygen atoms in total. The minimum atomic E-state index is 0. The van der Waals surface area contributed by atoms with Crippen molar-refractivity contribution in [1.82, 2.24) is 15.5 Å². The van der Waals surface area contributed by atoms with Crippen molar-refractivity contribution in [1.29, 1.82) is 0 Å². The monoisotopic (exact) mass is 534 g/mol. The van der Waals surface area contributed by atoms with E-state index in [9.17, 15) is 0 Å². The Labute approximate surface area is 201 Å². The molecule has 0 heterocycles. The summed E-state index contributed by atoms with van der Waals surface area (Å²) in [5, 5.41) is 6.82. The van der Waals surface area contributed by atoms with Gasteiger partial charge in [0.2, 0.25) is 0 Å². The van der Waals surface area contributed by atoms with Gasteiger partial charge in [0, 0.05) is 20.1 Å². The number of hydrogen-bond acceptors (Lipinski definition) is 4. The molecule has 1 aromatic rings. The molecular formula is C23H43IN4O2. The van der Waals surface area contributed by atoms with Gasteiger partial charge in [-0.25, -0.2) is 0 Å². The summed E-state index contributed by atoms with van der Waals surface area (Å²) >= 11 is 0. The third-order valence-electron chi connectivity index (χ3n) is 4.76. The van der Waals surface area contributed by atoms with E-state index in [1.165, 1.54) is 44.2 Å². The number of hydrogen-bond donors (Lipinski definition) is 2. The maximum atomic E-state index is 5.65. The first-order chi connectivity index (χ1) is 14.1. The first-order valence-corrected chi connectivity index (χ1v) is 11.0. The summed E-state index contributed by atoms with van der Waals surface area (Å²) in [5.41, 5.74) is 1.26. The second kappa shape index (κ2) is 18.5. The normalized spacial score (nSPS) is 11.2. The Hall–Kier alpha value is -1.22. The summed E-state index contributed by atoms with van der Waals surface area (Å²) < 4.78 is 11.0. The van der Waals surface area contributed by atoms with Crippen LogP contribution in [0.4, 0.5) is 0 Å². The summed E-state index contributed by atoms with van der Waals surface area (Å²) in [4.78, 5) is 6.57. The number of benzene rings is 1.